The van der Waals surface area contributed by atoms with Crippen molar-refractivity contribution >= 4 is 23.6 Å². The molecule has 5 heteroatoms. The van der Waals surface area contributed by atoms with Gasteiger partial charge in [-0.15, -0.1) is 11.8 Å². The summed E-state index contributed by atoms with van der Waals surface area (Å²) in [5, 5.41) is 11.8. The van der Waals surface area contributed by atoms with Crippen LogP contribution < -0.4 is 5.32 Å². The number of carbonyl (C=O) groups excluding carboxylic acids is 1. The second kappa shape index (κ2) is 8.08. The molecule has 116 valence electrons. The van der Waals surface area contributed by atoms with Crippen LogP contribution in [0.1, 0.15) is 31.4 Å². The fraction of sp³-hybridized carbons (Fsp3) is 0.500. The summed E-state index contributed by atoms with van der Waals surface area (Å²) in [6.07, 6.45) is 0.710. The van der Waals surface area contributed by atoms with Gasteiger partial charge in [0.2, 0.25) is 5.91 Å². The molecule has 0 saturated heterocycles. The molecule has 0 bridgehead atoms. The minimum absolute atomic E-state index is 0.0860. The van der Waals surface area contributed by atoms with Crippen molar-refractivity contribution in [2.24, 2.45) is 5.92 Å². The van der Waals surface area contributed by atoms with E-state index in [1.54, 1.807) is 0 Å². The van der Waals surface area contributed by atoms with Crippen molar-refractivity contribution in [3.8, 4) is 0 Å². The van der Waals surface area contributed by atoms with Crippen LogP contribution >= 0.6 is 11.8 Å². The van der Waals surface area contributed by atoms with Crippen molar-refractivity contribution in [1.29, 1.82) is 0 Å². The standard InChI is InChI=1S/C16H23NO3S/c1-5-11(3)15(16(19)20)17-14(18)9-21-13-8-10(2)6-7-12(13)4/h6-8,11,15H,5,9H2,1-4H3,(H,17,18)(H,19,20)/t11?,15-/m0/s1. The largest absolute Gasteiger partial charge is 0.480 e. The molecule has 21 heavy (non-hydrogen) atoms. The maximum Gasteiger partial charge on any atom is 0.326 e. The summed E-state index contributed by atoms with van der Waals surface area (Å²) in [4.78, 5) is 24.2. The van der Waals surface area contributed by atoms with Gasteiger partial charge in [0.25, 0.3) is 0 Å². The van der Waals surface area contributed by atoms with Crippen molar-refractivity contribution in [3.63, 3.8) is 0 Å². The first-order chi connectivity index (χ1) is 9.85. The number of nitrogens with one attached hydrogen (secondary N) is 1. The molecule has 1 aromatic carbocycles. The highest BCUT2D eigenvalue weighted by Gasteiger charge is 2.25. The molecule has 1 amide bonds. The summed E-state index contributed by atoms with van der Waals surface area (Å²) < 4.78 is 0. The van der Waals surface area contributed by atoms with Crippen LogP contribution in [0.2, 0.25) is 0 Å². The lowest BCUT2D eigenvalue weighted by molar-refractivity contribution is -0.143. The van der Waals surface area contributed by atoms with Crippen LogP contribution in [0.5, 0.6) is 0 Å². The molecule has 1 aromatic rings. The molecule has 1 unspecified atom stereocenters. The second-order valence-corrected chi connectivity index (χ2v) is 6.34. The number of hydrogen-bond donors (Lipinski definition) is 2. The van der Waals surface area contributed by atoms with Gasteiger partial charge in [-0.1, -0.05) is 38.0 Å². The Kier molecular flexibility index (Phi) is 6.75. The molecule has 2 N–H and O–H groups in total. The molecule has 0 fully saturated rings. The van der Waals surface area contributed by atoms with Gasteiger partial charge in [0.15, 0.2) is 0 Å². The molecule has 1 rings (SSSR count). The van der Waals surface area contributed by atoms with Gasteiger partial charge in [0.1, 0.15) is 6.04 Å². The predicted molar refractivity (Wildman–Crippen MR) is 85.7 cm³/mol. The number of carboxylic acids is 1. The molecule has 0 saturated carbocycles. The van der Waals surface area contributed by atoms with Crippen molar-refractivity contribution in [2.45, 2.75) is 45.1 Å². The Morgan fingerprint density at radius 1 is 1.33 bits per heavy atom. The summed E-state index contributed by atoms with van der Waals surface area (Å²) >= 11 is 1.44. The number of thioether (sulfide) groups is 1. The van der Waals surface area contributed by atoms with E-state index in [2.05, 4.69) is 5.32 Å². The van der Waals surface area contributed by atoms with Crippen molar-refractivity contribution in [3.05, 3.63) is 29.3 Å². The quantitative estimate of drug-likeness (QED) is 0.760. The zero-order valence-corrected chi connectivity index (χ0v) is 13.8. The Labute approximate surface area is 130 Å². The Bertz CT molecular complexity index is 516. The van der Waals surface area contributed by atoms with Crippen LogP contribution in [0, 0.1) is 19.8 Å². The van der Waals surface area contributed by atoms with Gasteiger partial charge >= 0.3 is 5.97 Å². The zero-order chi connectivity index (χ0) is 16.0. The third kappa shape index (κ3) is 5.42. The summed E-state index contributed by atoms with van der Waals surface area (Å²) in [5.74, 6) is -1.08. The lowest BCUT2D eigenvalue weighted by Gasteiger charge is -2.20. The molecule has 0 radical (unpaired) electrons. The van der Waals surface area contributed by atoms with E-state index in [0.29, 0.717) is 6.42 Å². The number of aliphatic carboxylic acids is 1. The number of aryl methyl sites for hydroxylation is 2. The average Bonchev–Trinajstić information content (AvgIpc) is 2.44. The first kappa shape index (κ1) is 17.6. The first-order valence-electron chi connectivity index (χ1n) is 7.07. The van der Waals surface area contributed by atoms with E-state index < -0.39 is 12.0 Å². The van der Waals surface area contributed by atoms with Crippen LogP contribution in [0.25, 0.3) is 0 Å². The molecule has 0 heterocycles. The molecular formula is C16H23NO3S. The fourth-order valence-corrected chi connectivity index (χ4v) is 2.84. The predicted octanol–water partition coefficient (Wildman–Crippen LogP) is 3.01. The normalized spacial score (nSPS) is 13.5. The summed E-state index contributed by atoms with van der Waals surface area (Å²) in [7, 11) is 0. The van der Waals surface area contributed by atoms with E-state index in [-0.39, 0.29) is 17.6 Å². The van der Waals surface area contributed by atoms with E-state index in [4.69, 9.17) is 5.11 Å². The highest BCUT2D eigenvalue weighted by molar-refractivity contribution is 8.00. The van der Waals surface area contributed by atoms with Gasteiger partial charge in [0, 0.05) is 4.90 Å². The highest BCUT2D eigenvalue weighted by Crippen LogP contribution is 2.23. The third-order valence-corrected chi connectivity index (χ3v) is 4.66. The van der Waals surface area contributed by atoms with Crippen LogP contribution in [0.15, 0.2) is 23.1 Å². The van der Waals surface area contributed by atoms with E-state index in [1.807, 2.05) is 45.9 Å². The maximum absolute atomic E-state index is 12.0. The summed E-state index contributed by atoms with van der Waals surface area (Å²) in [6.45, 7) is 7.75. The Morgan fingerprint density at radius 3 is 2.57 bits per heavy atom. The number of rotatable bonds is 7. The van der Waals surface area contributed by atoms with Crippen molar-refractivity contribution in [2.75, 3.05) is 5.75 Å². The SMILES string of the molecule is CCC(C)[C@H](NC(=O)CSc1cc(C)ccc1C)C(=O)O. The molecule has 0 aromatic heterocycles. The molecule has 4 nitrogen and oxygen atoms in total. The lowest BCUT2D eigenvalue weighted by Crippen LogP contribution is -2.45. The van der Waals surface area contributed by atoms with Crippen LogP contribution in [-0.2, 0) is 9.59 Å². The smallest absolute Gasteiger partial charge is 0.326 e. The van der Waals surface area contributed by atoms with E-state index in [1.165, 1.54) is 11.8 Å². The van der Waals surface area contributed by atoms with E-state index >= 15 is 0 Å². The van der Waals surface area contributed by atoms with E-state index in [9.17, 15) is 9.59 Å². The monoisotopic (exact) mass is 309 g/mol. The maximum atomic E-state index is 12.0. The number of carboxylic acid groups (broad SMARTS) is 1. The number of benzene rings is 1. The fourth-order valence-electron chi connectivity index (χ4n) is 1.90. The van der Waals surface area contributed by atoms with Gasteiger partial charge in [0.05, 0.1) is 5.75 Å². The van der Waals surface area contributed by atoms with Gasteiger partial charge in [-0.05, 0) is 31.4 Å². The zero-order valence-electron chi connectivity index (χ0n) is 13.0. The number of carbonyl (C=O) groups is 2. The first-order valence-corrected chi connectivity index (χ1v) is 8.06. The van der Waals surface area contributed by atoms with Crippen LogP contribution in [0.3, 0.4) is 0 Å². The van der Waals surface area contributed by atoms with E-state index in [0.717, 1.165) is 16.0 Å². The topological polar surface area (TPSA) is 66.4 Å². The lowest BCUT2D eigenvalue weighted by atomic mass is 9.99. The molecule has 0 spiro atoms. The minimum atomic E-state index is -0.977. The Balaban J connectivity index is 2.61. The molecule has 0 aliphatic rings. The van der Waals surface area contributed by atoms with Gasteiger partial charge < -0.3 is 10.4 Å². The van der Waals surface area contributed by atoms with Crippen molar-refractivity contribution in [1.82, 2.24) is 5.32 Å². The summed E-state index contributed by atoms with van der Waals surface area (Å²) in [6, 6.07) is 5.27. The third-order valence-electron chi connectivity index (χ3n) is 3.50. The van der Waals surface area contributed by atoms with Gasteiger partial charge in [-0.3, -0.25) is 4.79 Å². The minimum Gasteiger partial charge on any atom is -0.480 e. The number of amides is 1. The Hall–Kier alpha value is -1.49. The number of hydrogen-bond acceptors (Lipinski definition) is 3. The highest BCUT2D eigenvalue weighted by atomic mass is 32.2. The molecular weight excluding hydrogens is 286 g/mol. The molecule has 0 aliphatic carbocycles. The summed E-state index contributed by atoms with van der Waals surface area (Å²) in [5.41, 5.74) is 2.27. The van der Waals surface area contributed by atoms with Gasteiger partial charge in [-0.2, -0.15) is 0 Å². The van der Waals surface area contributed by atoms with Gasteiger partial charge in [-0.25, -0.2) is 4.79 Å². The second-order valence-electron chi connectivity index (χ2n) is 5.33. The molecule has 2 atom stereocenters. The average molecular weight is 309 g/mol. The van der Waals surface area contributed by atoms with Crippen LogP contribution in [0.4, 0.5) is 0 Å². The molecule has 0 aliphatic heterocycles. The van der Waals surface area contributed by atoms with Crippen LogP contribution in [-0.4, -0.2) is 28.8 Å². The Morgan fingerprint density at radius 2 is 2.00 bits per heavy atom. The van der Waals surface area contributed by atoms with Crippen molar-refractivity contribution < 1.29 is 14.7 Å².